The number of aliphatic hydroxyl groups excluding tert-OH is 1. The van der Waals surface area contributed by atoms with Crippen molar-refractivity contribution < 1.29 is 14.8 Å². The molecule has 7 heteroatoms. The molecule has 1 saturated heterocycles. The van der Waals surface area contributed by atoms with Crippen LogP contribution in [0.25, 0.3) is 0 Å². The van der Waals surface area contributed by atoms with Gasteiger partial charge in [0, 0.05) is 37.2 Å². The van der Waals surface area contributed by atoms with Crippen LogP contribution in [0.15, 0.2) is 6.07 Å². The fraction of sp³-hybridized carbons (Fsp3) is 0.667. The Bertz CT molecular complexity index is 455. The summed E-state index contributed by atoms with van der Waals surface area (Å²) >= 11 is 1.29. The van der Waals surface area contributed by atoms with E-state index in [1.54, 1.807) is 6.92 Å². The summed E-state index contributed by atoms with van der Waals surface area (Å²) in [7, 11) is 1.88. The van der Waals surface area contributed by atoms with E-state index in [-0.39, 0.29) is 16.7 Å². The normalized spacial score (nSPS) is 18.3. The van der Waals surface area contributed by atoms with Crippen LogP contribution in [-0.4, -0.2) is 36.3 Å². The molecule has 106 valence electrons. The number of aliphatic hydroxyl groups is 1. The summed E-state index contributed by atoms with van der Waals surface area (Å²) in [6.07, 6.45) is 1.06. The van der Waals surface area contributed by atoms with E-state index in [0.717, 1.165) is 12.8 Å². The summed E-state index contributed by atoms with van der Waals surface area (Å²) in [5, 5.41) is 21.3. The van der Waals surface area contributed by atoms with Crippen molar-refractivity contribution >= 4 is 22.0 Å². The first-order chi connectivity index (χ1) is 9.00. The van der Waals surface area contributed by atoms with E-state index in [4.69, 9.17) is 4.74 Å². The number of hydrogen-bond acceptors (Lipinski definition) is 6. The third-order valence-electron chi connectivity index (χ3n) is 3.38. The number of nitro groups is 1. The average molecular weight is 286 g/mol. The number of ether oxygens (including phenoxy) is 1. The zero-order chi connectivity index (χ0) is 14.0. The highest BCUT2D eigenvalue weighted by molar-refractivity contribution is 7.16. The van der Waals surface area contributed by atoms with Gasteiger partial charge in [-0.25, -0.2) is 0 Å². The predicted molar refractivity (Wildman–Crippen MR) is 73.9 cm³/mol. The molecule has 0 amide bonds. The van der Waals surface area contributed by atoms with E-state index in [0.29, 0.717) is 23.1 Å². The second-order valence-corrected chi connectivity index (χ2v) is 5.79. The van der Waals surface area contributed by atoms with Crippen molar-refractivity contribution in [2.75, 3.05) is 25.2 Å². The molecular formula is C12H18N2O4S. The van der Waals surface area contributed by atoms with E-state index in [9.17, 15) is 15.2 Å². The molecule has 0 bridgehead atoms. The fourth-order valence-corrected chi connectivity index (χ4v) is 3.31. The first-order valence-corrected chi connectivity index (χ1v) is 7.09. The maximum atomic E-state index is 11.1. The van der Waals surface area contributed by atoms with Gasteiger partial charge in [0.1, 0.15) is 0 Å². The minimum Gasteiger partial charge on any atom is -0.388 e. The van der Waals surface area contributed by atoms with Crippen molar-refractivity contribution in [2.24, 2.45) is 0 Å². The van der Waals surface area contributed by atoms with Crippen molar-refractivity contribution in [3.8, 4) is 0 Å². The molecular weight excluding hydrogens is 268 g/mol. The number of nitrogens with zero attached hydrogens (tertiary/aromatic N) is 2. The van der Waals surface area contributed by atoms with Crippen LogP contribution in [0.4, 0.5) is 10.7 Å². The molecule has 0 spiro atoms. The quantitative estimate of drug-likeness (QED) is 0.679. The van der Waals surface area contributed by atoms with Gasteiger partial charge >= 0.3 is 5.69 Å². The lowest BCUT2D eigenvalue weighted by molar-refractivity contribution is -0.383. The minimum atomic E-state index is -0.680. The Kier molecular flexibility index (Phi) is 4.38. The van der Waals surface area contributed by atoms with Crippen molar-refractivity contribution in [3.63, 3.8) is 0 Å². The fourth-order valence-electron chi connectivity index (χ4n) is 2.22. The predicted octanol–water partition coefficient (Wildman–Crippen LogP) is 2.32. The topological polar surface area (TPSA) is 75.8 Å². The van der Waals surface area contributed by atoms with Crippen molar-refractivity contribution in [1.29, 1.82) is 0 Å². The highest BCUT2D eigenvalue weighted by Crippen LogP contribution is 2.41. The monoisotopic (exact) mass is 286 g/mol. The van der Waals surface area contributed by atoms with Crippen LogP contribution >= 0.6 is 11.3 Å². The Morgan fingerprint density at radius 3 is 2.74 bits per heavy atom. The van der Waals surface area contributed by atoms with E-state index in [2.05, 4.69) is 0 Å². The molecule has 0 saturated carbocycles. The molecule has 0 unspecified atom stereocenters. The molecule has 6 nitrogen and oxygen atoms in total. The zero-order valence-electron chi connectivity index (χ0n) is 11.0. The van der Waals surface area contributed by atoms with Gasteiger partial charge in [-0.2, -0.15) is 0 Å². The van der Waals surface area contributed by atoms with Gasteiger partial charge in [0.2, 0.25) is 0 Å². The largest absolute Gasteiger partial charge is 0.388 e. The molecule has 1 fully saturated rings. The van der Waals surface area contributed by atoms with Crippen molar-refractivity contribution in [3.05, 3.63) is 21.1 Å². The molecule has 0 aromatic carbocycles. The lowest BCUT2D eigenvalue weighted by Gasteiger charge is -2.31. The van der Waals surface area contributed by atoms with Gasteiger partial charge in [-0.05, 0) is 19.8 Å². The summed E-state index contributed by atoms with van der Waals surface area (Å²) in [4.78, 5) is 13.3. The standard InChI is InChI=1S/C12H18N2O4S/c1-8(15)11-7-10(14(16)17)12(19-11)13(2)9-3-5-18-6-4-9/h7-9,15H,3-6H2,1-2H3/t8-/m0/s1. The molecule has 0 aliphatic carbocycles. The van der Waals surface area contributed by atoms with Gasteiger partial charge in [0.25, 0.3) is 0 Å². The molecule has 1 aromatic rings. The first-order valence-electron chi connectivity index (χ1n) is 6.27. The average Bonchev–Trinajstić information content (AvgIpc) is 2.84. The van der Waals surface area contributed by atoms with Crippen LogP contribution in [0.5, 0.6) is 0 Å². The van der Waals surface area contributed by atoms with Gasteiger partial charge in [-0.1, -0.05) is 0 Å². The molecule has 1 aliphatic heterocycles. The van der Waals surface area contributed by atoms with E-state index >= 15 is 0 Å². The Hall–Kier alpha value is -1.18. The summed E-state index contributed by atoms with van der Waals surface area (Å²) < 4.78 is 5.31. The third-order valence-corrected chi connectivity index (χ3v) is 4.77. The van der Waals surface area contributed by atoms with Crippen molar-refractivity contribution in [2.45, 2.75) is 31.9 Å². The molecule has 1 aromatic heterocycles. The maximum Gasteiger partial charge on any atom is 0.304 e. The lowest BCUT2D eigenvalue weighted by atomic mass is 10.1. The molecule has 2 heterocycles. The second-order valence-electron chi connectivity index (χ2n) is 4.73. The molecule has 1 atom stereocenters. The minimum absolute atomic E-state index is 0.0786. The molecule has 0 radical (unpaired) electrons. The van der Waals surface area contributed by atoms with Crippen molar-refractivity contribution in [1.82, 2.24) is 0 Å². The Balaban J connectivity index is 2.28. The maximum absolute atomic E-state index is 11.1. The summed E-state index contributed by atoms with van der Waals surface area (Å²) in [6.45, 7) is 3.00. The number of hydrogen-bond donors (Lipinski definition) is 1. The van der Waals surface area contributed by atoms with Crippen LogP contribution < -0.4 is 4.90 Å². The smallest absolute Gasteiger partial charge is 0.304 e. The van der Waals surface area contributed by atoms with Gasteiger partial charge in [0.05, 0.1) is 11.0 Å². The molecule has 19 heavy (non-hydrogen) atoms. The molecule has 2 rings (SSSR count). The highest BCUT2D eigenvalue weighted by Gasteiger charge is 2.28. The van der Waals surface area contributed by atoms with Crippen LogP contribution in [0.2, 0.25) is 0 Å². The Labute approximate surface area is 115 Å². The van der Waals surface area contributed by atoms with E-state index < -0.39 is 6.10 Å². The van der Waals surface area contributed by atoms with E-state index in [1.807, 2.05) is 11.9 Å². The molecule has 1 N–H and O–H groups in total. The summed E-state index contributed by atoms with van der Waals surface area (Å²) in [5.41, 5.74) is 0.0786. The number of thiophene rings is 1. The second kappa shape index (κ2) is 5.85. The highest BCUT2D eigenvalue weighted by atomic mass is 32.1. The summed E-state index contributed by atoms with van der Waals surface area (Å²) in [6, 6.07) is 1.73. The zero-order valence-corrected chi connectivity index (χ0v) is 11.9. The van der Waals surface area contributed by atoms with Crippen LogP contribution in [-0.2, 0) is 4.74 Å². The molecule has 1 aliphatic rings. The number of rotatable bonds is 4. The van der Waals surface area contributed by atoms with Gasteiger partial charge in [0.15, 0.2) is 5.00 Å². The Morgan fingerprint density at radius 1 is 1.58 bits per heavy atom. The first kappa shape index (κ1) is 14.2. The van der Waals surface area contributed by atoms with Gasteiger partial charge in [-0.3, -0.25) is 10.1 Å². The van der Waals surface area contributed by atoms with E-state index in [1.165, 1.54) is 17.4 Å². The van der Waals surface area contributed by atoms with Crippen LogP contribution in [0.3, 0.4) is 0 Å². The Morgan fingerprint density at radius 2 is 2.21 bits per heavy atom. The SMILES string of the molecule is C[C@H](O)c1cc([N+](=O)[O-])c(N(C)C2CCOCC2)s1. The lowest BCUT2D eigenvalue weighted by Crippen LogP contribution is -2.36. The van der Waals surface area contributed by atoms with Crippen LogP contribution in [0, 0.1) is 10.1 Å². The van der Waals surface area contributed by atoms with Gasteiger partial charge < -0.3 is 14.7 Å². The number of anilines is 1. The third kappa shape index (κ3) is 3.05. The van der Waals surface area contributed by atoms with Crippen LogP contribution in [0.1, 0.15) is 30.7 Å². The van der Waals surface area contributed by atoms with Gasteiger partial charge in [-0.15, -0.1) is 11.3 Å². The summed E-state index contributed by atoms with van der Waals surface area (Å²) in [5.74, 6) is 0.